The SMILES string of the molecule is C.C.C.C.c1ccc2c(c1)[nH]c1cc3c(cc12)oc1ccccc13. The van der Waals surface area contributed by atoms with Gasteiger partial charge >= 0.3 is 0 Å². The Bertz CT molecular complexity index is 1010. The van der Waals surface area contributed by atoms with E-state index in [4.69, 9.17) is 4.42 Å². The van der Waals surface area contributed by atoms with E-state index in [1.54, 1.807) is 0 Å². The van der Waals surface area contributed by atoms with Crippen molar-refractivity contribution in [2.75, 3.05) is 0 Å². The average Bonchev–Trinajstić information content (AvgIpc) is 3.02. The predicted molar refractivity (Wildman–Crippen MR) is 110 cm³/mol. The third kappa shape index (κ3) is 2.44. The van der Waals surface area contributed by atoms with Gasteiger partial charge in [-0.1, -0.05) is 66.1 Å². The lowest BCUT2D eigenvalue weighted by Crippen LogP contribution is -1.69. The molecule has 0 saturated heterocycles. The van der Waals surface area contributed by atoms with Crippen LogP contribution in [0.2, 0.25) is 0 Å². The van der Waals surface area contributed by atoms with Gasteiger partial charge in [-0.2, -0.15) is 0 Å². The second-order valence-corrected chi connectivity index (χ2v) is 5.16. The molecule has 2 heterocycles. The van der Waals surface area contributed by atoms with E-state index in [-0.39, 0.29) is 29.7 Å². The molecule has 0 amide bonds. The minimum atomic E-state index is 0. The van der Waals surface area contributed by atoms with Crippen molar-refractivity contribution in [1.82, 2.24) is 4.98 Å². The molecule has 0 fully saturated rings. The minimum absolute atomic E-state index is 0. The number of furan rings is 1. The van der Waals surface area contributed by atoms with Crippen molar-refractivity contribution < 1.29 is 4.42 Å². The fourth-order valence-corrected chi connectivity index (χ4v) is 3.07. The maximum Gasteiger partial charge on any atom is 0.136 e. The zero-order valence-electron chi connectivity index (χ0n) is 10.7. The third-order valence-electron chi connectivity index (χ3n) is 4.00. The van der Waals surface area contributed by atoms with Crippen LogP contribution in [0.5, 0.6) is 0 Å². The molecule has 0 spiro atoms. The Morgan fingerprint density at radius 2 is 1.21 bits per heavy atom. The lowest BCUT2D eigenvalue weighted by molar-refractivity contribution is 0.669. The van der Waals surface area contributed by atoms with Crippen LogP contribution in [0.1, 0.15) is 29.7 Å². The number of rotatable bonds is 0. The minimum Gasteiger partial charge on any atom is -0.456 e. The Hall–Kier alpha value is -2.74. The van der Waals surface area contributed by atoms with Crippen molar-refractivity contribution in [1.29, 1.82) is 0 Å². The van der Waals surface area contributed by atoms with Gasteiger partial charge in [-0.3, -0.25) is 0 Å². The predicted octanol–water partition coefficient (Wildman–Crippen LogP) is 7.76. The summed E-state index contributed by atoms with van der Waals surface area (Å²) in [6.45, 7) is 0. The summed E-state index contributed by atoms with van der Waals surface area (Å²) in [5.41, 5.74) is 4.22. The van der Waals surface area contributed by atoms with E-state index < -0.39 is 0 Å². The Morgan fingerprint density at radius 1 is 0.542 bits per heavy atom. The summed E-state index contributed by atoms with van der Waals surface area (Å²) >= 11 is 0. The van der Waals surface area contributed by atoms with Gasteiger partial charge in [0.25, 0.3) is 0 Å². The molecule has 2 heteroatoms. The molecule has 1 N–H and O–H groups in total. The maximum atomic E-state index is 5.96. The number of hydrogen-bond acceptors (Lipinski definition) is 1. The van der Waals surface area contributed by atoms with Crippen LogP contribution >= 0.6 is 0 Å². The summed E-state index contributed by atoms with van der Waals surface area (Å²) < 4.78 is 5.96. The van der Waals surface area contributed by atoms with Crippen LogP contribution in [0.3, 0.4) is 0 Å². The second-order valence-electron chi connectivity index (χ2n) is 5.16. The monoisotopic (exact) mass is 321 g/mol. The van der Waals surface area contributed by atoms with E-state index in [1.807, 2.05) is 18.2 Å². The molecular weight excluding hydrogens is 294 g/mol. The fraction of sp³-hybridized carbons (Fsp3) is 0.182. The van der Waals surface area contributed by atoms with Gasteiger partial charge in [0, 0.05) is 32.6 Å². The highest BCUT2D eigenvalue weighted by atomic mass is 16.3. The molecule has 0 saturated carbocycles. The molecular formula is C22H27NO. The molecule has 0 aliphatic heterocycles. The molecule has 126 valence electrons. The van der Waals surface area contributed by atoms with Crippen molar-refractivity contribution in [3.8, 4) is 0 Å². The van der Waals surface area contributed by atoms with Crippen LogP contribution in [0.25, 0.3) is 43.7 Å². The Kier molecular flexibility index (Phi) is 5.47. The van der Waals surface area contributed by atoms with Crippen molar-refractivity contribution in [3.05, 3.63) is 60.7 Å². The number of para-hydroxylation sites is 2. The van der Waals surface area contributed by atoms with E-state index in [0.717, 1.165) is 16.7 Å². The number of H-pyrrole nitrogens is 1. The van der Waals surface area contributed by atoms with Gasteiger partial charge in [0.15, 0.2) is 0 Å². The summed E-state index contributed by atoms with van der Waals surface area (Å²) in [7, 11) is 0. The lowest BCUT2D eigenvalue weighted by atomic mass is 10.1. The number of aromatic amines is 1. The van der Waals surface area contributed by atoms with Crippen molar-refractivity contribution >= 4 is 43.7 Å². The molecule has 2 nitrogen and oxygen atoms in total. The zero-order chi connectivity index (χ0) is 13.1. The summed E-state index contributed by atoms with van der Waals surface area (Å²) in [5.74, 6) is 0. The average molecular weight is 321 g/mol. The first-order valence-electron chi connectivity index (χ1n) is 6.72. The van der Waals surface area contributed by atoms with E-state index in [9.17, 15) is 0 Å². The Balaban J connectivity index is 0.000000720. The molecule has 24 heavy (non-hydrogen) atoms. The van der Waals surface area contributed by atoms with Crippen LogP contribution in [0, 0.1) is 0 Å². The van der Waals surface area contributed by atoms with Gasteiger partial charge < -0.3 is 9.40 Å². The highest BCUT2D eigenvalue weighted by Gasteiger charge is 2.10. The standard InChI is InChI=1S/C18H11NO.4CH4/c1-3-7-15-11(5-1)13-10-18-14(9-16(13)19-15)12-6-2-4-8-17(12)20-18;;;;/h1-10,19H;4*1H4. The largest absolute Gasteiger partial charge is 0.456 e. The number of nitrogens with one attached hydrogen (secondary N) is 1. The van der Waals surface area contributed by atoms with Gasteiger partial charge in [0.1, 0.15) is 11.2 Å². The van der Waals surface area contributed by atoms with Crippen LogP contribution < -0.4 is 0 Å². The van der Waals surface area contributed by atoms with E-state index in [0.29, 0.717) is 0 Å². The molecule has 0 bridgehead atoms. The first-order valence-corrected chi connectivity index (χ1v) is 6.72. The first-order chi connectivity index (χ1) is 9.90. The molecule has 0 radical (unpaired) electrons. The Labute approximate surface area is 144 Å². The van der Waals surface area contributed by atoms with E-state index in [2.05, 4.69) is 47.4 Å². The van der Waals surface area contributed by atoms with Crippen molar-refractivity contribution in [2.45, 2.75) is 29.7 Å². The normalized spacial score (nSPS) is 10.0. The first kappa shape index (κ1) is 19.3. The highest BCUT2D eigenvalue weighted by Crippen LogP contribution is 2.34. The van der Waals surface area contributed by atoms with Gasteiger partial charge in [-0.05, 0) is 24.3 Å². The summed E-state index contributed by atoms with van der Waals surface area (Å²) in [4.78, 5) is 3.48. The number of benzene rings is 3. The fourth-order valence-electron chi connectivity index (χ4n) is 3.07. The second kappa shape index (κ2) is 6.79. The number of hydrogen-bond donors (Lipinski definition) is 1. The van der Waals surface area contributed by atoms with Gasteiger partial charge in [0.05, 0.1) is 0 Å². The Morgan fingerprint density at radius 3 is 2.00 bits per heavy atom. The third-order valence-corrected chi connectivity index (χ3v) is 4.00. The maximum absolute atomic E-state index is 5.96. The zero-order valence-corrected chi connectivity index (χ0v) is 10.7. The lowest BCUT2D eigenvalue weighted by Gasteiger charge is -1.92. The summed E-state index contributed by atoms with van der Waals surface area (Å²) in [6, 6.07) is 20.9. The molecule has 0 atom stereocenters. The van der Waals surface area contributed by atoms with Crippen LogP contribution in [0.15, 0.2) is 65.1 Å². The van der Waals surface area contributed by atoms with Crippen LogP contribution in [-0.2, 0) is 0 Å². The van der Waals surface area contributed by atoms with Gasteiger partial charge in [0.2, 0.25) is 0 Å². The molecule has 3 aromatic carbocycles. The molecule has 5 rings (SSSR count). The van der Waals surface area contributed by atoms with Crippen molar-refractivity contribution in [3.63, 3.8) is 0 Å². The van der Waals surface area contributed by atoms with E-state index in [1.165, 1.54) is 27.1 Å². The van der Waals surface area contributed by atoms with E-state index >= 15 is 0 Å². The summed E-state index contributed by atoms with van der Waals surface area (Å²) in [5, 5.41) is 4.79. The van der Waals surface area contributed by atoms with Crippen LogP contribution in [-0.4, -0.2) is 4.98 Å². The van der Waals surface area contributed by atoms with Crippen molar-refractivity contribution in [2.24, 2.45) is 0 Å². The number of fused-ring (bicyclic) bond motifs is 6. The molecule has 0 unspecified atom stereocenters. The smallest absolute Gasteiger partial charge is 0.136 e. The summed E-state index contributed by atoms with van der Waals surface area (Å²) in [6.07, 6.45) is 0. The molecule has 0 aliphatic carbocycles. The molecule has 2 aromatic heterocycles. The molecule has 0 aliphatic rings. The number of aromatic nitrogens is 1. The molecule has 5 aromatic rings. The van der Waals surface area contributed by atoms with Gasteiger partial charge in [-0.25, -0.2) is 0 Å². The van der Waals surface area contributed by atoms with Crippen LogP contribution in [0.4, 0.5) is 0 Å². The highest BCUT2D eigenvalue weighted by molar-refractivity contribution is 6.15. The van der Waals surface area contributed by atoms with Gasteiger partial charge in [-0.15, -0.1) is 0 Å². The quantitative estimate of drug-likeness (QED) is 0.310. The topological polar surface area (TPSA) is 28.9 Å².